The van der Waals surface area contributed by atoms with Crippen molar-refractivity contribution in [2.24, 2.45) is 5.92 Å². The summed E-state index contributed by atoms with van der Waals surface area (Å²) in [5.74, 6) is 0.683. The number of nitrogens with zero attached hydrogens (tertiary/aromatic N) is 1. The van der Waals surface area contributed by atoms with Gasteiger partial charge in [0.15, 0.2) is 0 Å². The molecule has 0 saturated heterocycles. The average Bonchev–Trinajstić information content (AvgIpc) is 2.41. The van der Waals surface area contributed by atoms with E-state index in [1.165, 1.54) is 17.7 Å². The van der Waals surface area contributed by atoms with Gasteiger partial charge in [0, 0.05) is 29.3 Å². The number of halogens is 1. The third-order valence-electron chi connectivity index (χ3n) is 3.68. The van der Waals surface area contributed by atoms with Gasteiger partial charge in [0.2, 0.25) is 0 Å². The fourth-order valence-electron chi connectivity index (χ4n) is 2.41. The summed E-state index contributed by atoms with van der Waals surface area (Å²) in [5.41, 5.74) is 2.74. The van der Waals surface area contributed by atoms with Gasteiger partial charge in [-0.15, -0.1) is 0 Å². The number of benzene rings is 1. The minimum absolute atomic E-state index is 0.574. The predicted molar refractivity (Wildman–Crippen MR) is 93.5 cm³/mol. The summed E-state index contributed by atoms with van der Waals surface area (Å²) in [6, 6.07) is 7.21. The van der Waals surface area contributed by atoms with Crippen LogP contribution in [0.4, 0.5) is 5.69 Å². The summed E-state index contributed by atoms with van der Waals surface area (Å²) in [5, 5.41) is 3.56. The predicted octanol–water partition coefficient (Wildman–Crippen LogP) is 4.82. The number of rotatable bonds is 8. The molecule has 0 aliphatic heterocycles. The van der Waals surface area contributed by atoms with Crippen LogP contribution in [0.1, 0.15) is 46.6 Å². The van der Waals surface area contributed by atoms with Gasteiger partial charge in [-0.1, -0.05) is 36.7 Å². The van der Waals surface area contributed by atoms with Gasteiger partial charge in [-0.25, -0.2) is 0 Å². The highest BCUT2D eigenvalue weighted by Crippen LogP contribution is 2.27. The van der Waals surface area contributed by atoms with Crippen molar-refractivity contribution in [3.05, 3.63) is 28.2 Å². The summed E-state index contributed by atoms with van der Waals surface area (Å²) in [6.07, 6.45) is 1.17. The van der Waals surface area contributed by atoms with Crippen molar-refractivity contribution in [3.8, 4) is 0 Å². The quantitative estimate of drug-likeness (QED) is 0.729. The van der Waals surface area contributed by atoms with Crippen LogP contribution in [-0.2, 0) is 6.54 Å². The molecule has 1 aromatic carbocycles. The van der Waals surface area contributed by atoms with E-state index in [2.05, 4.69) is 79.0 Å². The Kier molecular flexibility index (Phi) is 7.60. The third kappa shape index (κ3) is 5.10. The van der Waals surface area contributed by atoms with Crippen molar-refractivity contribution >= 4 is 21.6 Å². The van der Waals surface area contributed by atoms with E-state index in [0.29, 0.717) is 12.0 Å². The molecule has 0 radical (unpaired) electrons. The number of hydrogen-bond acceptors (Lipinski definition) is 2. The van der Waals surface area contributed by atoms with Gasteiger partial charge < -0.3 is 10.2 Å². The summed E-state index contributed by atoms with van der Waals surface area (Å²) in [7, 11) is 0. The molecule has 0 saturated carbocycles. The van der Waals surface area contributed by atoms with E-state index in [-0.39, 0.29) is 0 Å². The van der Waals surface area contributed by atoms with E-state index < -0.39 is 0 Å². The molecule has 0 spiro atoms. The number of hydrogen-bond donors (Lipinski definition) is 1. The molecule has 0 heterocycles. The fraction of sp³-hybridized carbons (Fsp3) is 0.647. The molecule has 0 amide bonds. The molecule has 0 aromatic heterocycles. The van der Waals surface area contributed by atoms with Crippen LogP contribution >= 0.6 is 15.9 Å². The molecule has 114 valence electrons. The average molecular weight is 341 g/mol. The van der Waals surface area contributed by atoms with E-state index in [1.54, 1.807) is 0 Å². The van der Waals surface area contributed by atoms with Crippen LogP contribution in [0, 0.1) is 5.92 Å². The second kappa shape index (κ2) is 8.68. The van der Waals surface area contributed by atoms with Crippen molar-refractivity contribution in [1.82, 2.24) is 5.32 Å². The molecule has 1 N–H and O–H groups in total. The Morgan fingerprint density at radius 3 is 2.45 bits per heavy atom. The van der Waals surface area contributed by atoms with Crippen LogP contribution in [0.2, 0.25) is 0 Å². The highest BCUT2D eigenvalue weighted by molar-refractivity contribution is 9.10. The zero-order valence-corrected chi connectivity index (χ0v) is 15.1. The lowest BCUT2D eigenvalue weighted by atomic mass is 10.1. The molecule has 1 aromatic rings. The minimum Gasteiger partial charge on any atom is -0.369 e. The molecule has 3 heteroatoms. The molecule has 1 atom stereocenters. The van der Waals surface area contributed by atoms with Crippen LogP contribution in [-0.4, -0.2) is 19.1 Å². The topological polar surface area (TPSA) is 15.3 Å². The molecule has 20 heavy (non-hydrogen) atoms. The standard InChI is InChI=1S/C17H29BrN2/c1-6-14(5)20(7-2)17-9-8-16(18)10-15(17)12-19-11-13(3)4/h8-10,13-14,19H,6-7,11-12H2,1-5H3. The van der Waals surface area contributed by atoms with Crippen molar-refractivity contribution in [2.45, 2.75) is 53.6 Å². The first-order valence-electron chi connectivity index (χ1n) is 7.75. The lowest BCUT2D eigenvalue weighted by molar-refractivity contribution is 0.550. The SMILES string of the molecule is CCC(C)N(CC)c1ccc(Br)cc1CNCC(C)C. The maximum atomic E-state index is 3.60. The normalized spacial score (nSPS) is 12.8. The van der Waals surface area contributed by atoms with Gasteiger partial charge in [-0.2, -0.15) is 0 Å². The van der Waals surface area contributed by atoms with Gasteiger partial charge in [-0.3, -0.25) is 0 Å². The Labute approximate surface area is 133 Å². The molecule has 1 rings (SSSR count). The van der Waals surface area contributed by atoms with Gasteiger partial charge in [0.1, 0.15) is 0 Å². The molecule has 0 bridgehead atoms. The molecule has 1 unspecified atom stereocenters. The highest BCUT2D eigenvalue weighted by atomic mass is 79.9. The lowest BCUT2D eigenvalue weighted by Crippen LogP contribution is -2.33. The Morgan fingerprint density at radius 2 is 1.90 bits per heavy atom. The Hall–Kier alpha value is -0.540. The van der Waals surface area contributed by atoms with Crippen molar-refractivity contribution in [3.63, 3.8) is 0 Å². The molecule has 2 nitrogen and oxygen atoms in total. The van der Waals surface area contributed by atoms with Crippen molar-refractivity contribution in [2.75, 3.05) is 18.0 Å². The highest BCUT2D eigenvalue weighted by Gasteiger charge is 2.15. The Balaban J connectivity index is 2.93. The first-order chi connectivity index (χ1) is 9.49. The molecular weight excluding hydrogens is 312 g/mol. The first-order valence-corrected chi connectivity index (χ1v) is 8.54. The van der Waals surface area contributed by atoms with Crippen LogP contribution in [0.15, 0.2) is 22.7 Å². The maximum absolute atomic E-state index is 3.60. The molecule has 0 fully saturated rings. The first kappa shape index (κ1) is 17.5. The monoisotopic (exact) mass is 340 g/mol. The summed E-state index contributed by atoms with van der Waals surface area (Å²) in [6.45, 7) is 14.3. The van der Waals surface area contributed by atoms with Crippen LogP contribution in [0.25, 0.3) is 0 Å². The molecule has 0 aliphatic carbocycles. The van der Waals surface area contributed by atoms with Gasteiger partial charge in [0.25, 0.3) is 0 Å². The Morgan fingerprint density at radius 1 is 1.20 bits per heavy atom. The van der Waals surface area contributed by atoms with Crippen LogP contribution in [0.5, 0.6) is 0 Å². The van der Waals surface area contributed by atoms with Gasteiger partial charge >= 0.3 is 0 Å². The third-order valence-corrected chi connectivity index (χ3v) is 4.18. The Bertz CT molecular complexity index is 404. The maximum Gasteiger partial charge on any atom is 0.0414 e. The second-order valence-electron chi connectivity index (χ2n) is 5.84. The fourth-order valence-corrected chi connectivity index (χ4v) is 2.82. The molecular formula is C17H29BrN2. The summed E-state index contributed by atoms with van der Waals surface area (Å²) in [4.78, 5) is 2.50. The van der Waals surface area contributed by atoms with Gasteiger partial charge in [0.05, 0.1) is 0 Å². The van der Waals surface area contributed by atoms with Gasteiger partial charge in [-0.05, 0) is 56.5 Å². The van der Waals surface area contributed by atoms with E-state index in [4.69, 9.17) is 0 Å². The zero-order valence-electron chi connectivity index (χ0n) is 13.5. The van der Waals surface area contributed by atoms with E-state index >= 15 is 0 Å². The summed E-state index contributed by atoms with van der Waals surface area (Å²) < 4.78 is 1.16. The van der Waals surface area contributed by atoms with Crippen LogP contribution in [0.3, 0.4) is 0 Å². The zero-order chi connectivity index (χ0) is 15.1. The van der Waals surface area contributed by atoms with E-state index in [0.717, 1.165) is 24.1 Å². The summed E-state index contributed by atoms with van der Waals surface area (Å²) >= 11 is 3.60. The number of anilines is 1. The van der Waals surface area contributed by atoms with E-state index in [9.17, 15) is 0 Å². The van der Waals surface area contributed by atoms with Crippen LogP contribution < -0.4 is 10.2 Å². The van der Waals surface area contributed by atoms with Crippen molar-refractivity contribution < 1.29 is 0 Å². The second-order valence-corrected chi connectivity index (χ2v) is 6.76. The van der Waals surface area contributed by atoms with E-state index in [1.807, 2.05) is 0 Å². The smallest absolute Gasteiger partial charge is 0.0414 e. The van der Waals surface area contributed by atoms with Crippen molar-refractivity contribution in [1.29, 1.82) is 0 Å². The number of nitrogens with one attached hydrogen (secondary N) is 1. The lowest BCUT2D eigenvalue weighted by Gasteiger charge is -2.31. The minimum atomic E-state index is 0.574. The largest absolute Gasteiger partial charge is 0.369 e. The molecule has 0 aliphatic rings.